The molecule has 5 nitrogen and oxygen atoms in total. The number of anilines is 2. The highest BCUT2D eigenvalue weighted by molar-refractivity contribution is 7.16. The molecule has 3 rings (SSSR count). The van der Waals surface area contributed by atoms with Gasteiger partial charge >= 0.3 is 0 Å². The van der Waals surface area contributed by atoms with Gasteiger partial charge in [-0.25, -0.2) is 9.38 Å². The van der Waals surface area contributed by atoms with Crippen molar-refractivity contribution in [3.63, 3.8) is 0 Å². The first-order valence-corrected chi connectivity index (χ1v) is 10.0. The summed E-state index contributed by atoms with van der Waals surface area (Å²) in [4.78, 5) is 8.41. The molecule has 0 bridgehead atoms. The molecule has 0 saturated carbocycles. The zero-order valence-electron chi connectivity index (χ0n) is 16.3. The molecule has 2 heterocycles. The molecule has 0 aliphatic carbocycles. The topological polar surface area (TPSA) is 48.9 Å². The molecule has 0 spiro atoms. The lowest BCUT2D eigenvalue weighted by molar-refractivity contribution is 0.178. The summed E-state index contributed by atoms with van der Waals surface area (Å²) in [5.74, 6) is 0.657. The van der Waals surface area contributed by atoms with E-state index in [0.29, 0.717) is 18.3 Å². The Morgan fingerprint density at radius 2 is 2.19 bits per heavy atom. The number of hydrogen-bond acceptors (Lipinski definition) is 6. The van der Waals surface area contributed by atoms with Crippen molar-refractivity contribution in [1.29, 1.82) is 0 Å². The minimum Gasteiger partial charge on any atom is -0.385 e. The van der Waals surface area contributed by atoms with Gasteiger partial charge in [0.2, 0.25) is 0 Å². The number of aliphatic imine (C=N–C) groups is 1. The quantitative estimate of drug-likeness (QED) is 0.741. The van der Waals surface area contributed by atoms with E-state index >= 15 is 0 Å². The van der Waals surface area contributed by atoms with E-state index in [1.807, 2.05) is 7.05 Å². The van der Waals surface area contributed by atoms with Crippen molar-refractivity contribution in [3.8, 4) is 0 Å². The normalized spacial score (nSPS) is 13.9. The maximum Gasteiger partial charge on any atom is 0.139 e. The standard InChI is InChI=1S/C20H27FN4OS/c1-5-25(12-15(22-3)8-9-26-4)19-16-10-13(2)27-20(16)24-18-11-14(21)6-7-17(18)23-19/h6-7,10-11,15,22,24H,5,8-9,12H2,1-4H3/t15-/m0/s1. The van der Waals surface area contributed by atoms with Crippen molar-refractivity contribution in [2.24, 2.45) is 4.99 Å². The second kappa shape index (κ2) is 8.82. The number of benzene rings is 1. The third-order valence-corrected chi connectivity index (χ3v) is 5.70. The number of rotatable bonds is 7. The maximum absolute atomic E-state index is 13.8. The molecule has 1 atom stereocenters. The third kappa shape index (κ3) is 4.48. The van der Waals surface area contributed by atoms with E-state index in [9.17, 15) is 4.39 Å². The van der Waals surface area contributed by atoms with Gasteiger partial charge in [-0.05, 0) is 51.6 Å². The van der Waals surface area contributed by atoms with Crippen LogP contribution in [0.1, 0.15) is 23.8 Å². The lowest BCUT2D eigenvalue weighted by Gasteiger charge is -2.29. The highest BCUT2D eigenvalue weighted by Gasteiger charge is 2.24. The van der Waals surface area contributed by atoms with Crippen molar-refractivity contribution in [1.82, 2.24) is 10.2 Å². The molecular weight excluding hydrogens is 363 g/mol. The van der Waals surface area contributed by atoms with E-state index < -0.39 is 0 Å². The Labute approximate surface area is 164 Å². The number of hydrogen-bond donors (Lipinski definition) is 2. The van der Waals surface area contributed by atoms with Crippen LogP contribution < -0.4 is 10.6 Å². The van der Waals surface area contributed by atoms with Crippen LogP contribution in [0.3, 0.4) is 0 Å². The predicted molar refractivity (Wildman–Crippen MR) is 112 cm³/mol. The fourth-order valence-electron chi connectivity index (χ4n) is 3.24. The van der Waals surface area contributed by atoms with Crippen molar-refractivity contribution >= 4 is 33.5 Å². The van der Waals surface area contributed by atoms with E-state index in [0.717, 1.165) is 41.6 Å². The molecule has 0 saturated heterocycles. The van der Waals surface area contributed by atoms with Gasteiger partial charge in [0.1, 0.15) is 16.7 Å². The SMILES string of the molecule is CCN(C[C@H](CCOC)NC)C1=Nc2ccc(F)cc2Nc2sc(C)cc21. The number of aryl methyl sites for hydroxylation is 1. The molecule has 1 aromatic carbocycles. The number of halogens is 1. The minimum absolute atomic E-state index is 0.267. The van der Waals surface area contributed by atoms with Gasteiger partial charge in [0.25, 0.3) is 0 Å². The molecular formula is C20H27FN4OS. The van der Waals surface area contributed by atoms with Crippen molar-refractivity contribution in [2.75, 3.05) is 39.2 Å². The first-order chi connectivity index (χ1) is 13.0. The largest absolute Gasteiger partial charge is 0.385 e. The lowest BCUT2D eigenvalue weighted by Crippen LogP contribution is -2.43. The molecule has 2 N–H and O–H groups in total. The Morgan fingerprint density at radius 1 is 1.37 bits per heavy atom. The van der Waals surface area contributed by atoms with Crippen molar-refractivity contribution in [3.05, 3.63) is 40.5 Å². The zero-order chi connectivity index (χ0) is 19.4. The summed E-state index contributed by atoms with van der Waals surface area (Å²) in [6.07, 6.45) is 0.923. The fourth-order valence-corrected chi connectivity index (χ4v) is 4.16. The molecule has 2 aromatic rings. The first kappa shape index (κ1) is 19.8. The Morgan fingerprint density at radius 3 is 2.89 bits per heavy atom. The van der Waals surface area contributed by atoms with Crippen LogP contribution in [0.4, 0.5) is 20.8 Å². The Balaban J connectivity index is 2.00. The van der Waals surface area contributed by atoms with Crippen LogP contribution in [0.5, 0.6) is 0 Å². The third-order valence-electron chi connectivity index (χ3n) is 4.73. The van der Waals surface area contributed by atoms with E-state index in [-0.39, 0.29) is 5.82 Å². The van der Waals surface area contributed by atoms with Gasteiger partial charge in [-0.3, -0.25) is 0 Å². The average molecular weight is 391 g/mol. The summed E-state index contributed by atoms with van der Waals surface area (Å²) < 4.78 is 19.0. The van der Waals surface area contributed by atoms with Crippen LogP contribution >= 0.6 is 11.3 Å². The summed E-state index contributed by atoms with van der Waals surface area (Å²) in [5.41, 5.74) is 2.52. The van der Waals surface area contributed by atoms with Crippen molar-refractivity contribution < 1.29 is 9.13 Å². The Bertz CT molecular complexity index is 820. The number of methoxy groups -OCH3 is 1. The zero-order valence-corrected chi connectivity index (χ0v) is 17.1. The van der Waals surface area contributed by atoms with E-state index in [4.69, 9.17) is 9.73 Å². The number of nitrogens with one attached hydrogen (secondary N) is 2. The number of nitrogens with zero attached hydrogens (tertiary/aromatic N) is 2. The molecule has 146 valence electrons. The minimum atomic E-state index is -0.267. The Kier molecular flexibility index (Phi) is 6.46. The van der Waals surface area contributed by atoms with E-state index in [1.54, 1.807) is 24.5 Å². The van der Waals surface area contributed by atoms with E-state index in [2.05, 4.69) is 35.4 Å². The molecule has 0 unspecified atom stereocenters. The molecule has 1 aliphatic rings. The molecule has 27 heavy (non-hydrogen) atoms. The summed E-state index contributed by atoms with van der Waals surface area (Å²) in [5, 5.41) is 7.76. The summed E-state index contributed by atoms with van der Waals surface area (Å²) in [6.45, 7) is 6.57. The molecule has 0 fully saturated rings. The number of amidine groups is 1. The summed E-state index contributed by atoms with van der Waals surface area (Å²) >= 11 is 1.67. The average Bonchev–Trinajstić information content (AvgIpc) is 2.95. The van der Waals surface area contributed by atoms with Crippen LogP contribution in [0.15, 0.2) is 29.3 Å². The molecule has 1 aliphatic heterocycles. The van der Waals surface area contributed by atoms with E-state index in [1.165, 1.54) is 17.0 Å². The smallest absolute Gasteiger partial charge is 0.139 e. The van der Waals surface area contributed by atoms with Gasteiger partial charge in [0.15, 0.2) is 0 Å². The number of likely N-dealkylation sites (N-methyl/N-ethyl adjacent to an activating group) is 2. The fraction of sp³-hybridized carbons (Fsp3) is 0.450. The van der Waals surface area contributed by atoms with Crippen LogP contribution in [-0.2, 0) is 4.74 Å². The second-order valence-corrected chi connectivity index (χ2v) is 7.88. The van der Waals surface area contributed by atoms with Gasteiger partial charge in [-0.15, -0.1) is 11.3 Å². The Hall–Kier alpha value is -1.96. The highest BCUT2D eigenvalue weighted by atomic mass is 32.1. The molecule has 1 aromatic heterocycles. The predicted octanol–water partition coefficient (Wildman–Crippen LogP) is 4.28. The van der Waals surface area contributed by atoms with Gasteiger partial charge < -0.3 is 20.3 Å². The summed E-state index contributed by atoms with van der Waals surface area (Å²) in [6, 6.07) is 7.14. The van der Waals surface area contributed by atoms with Crippen LogP contribution in [0.25, 0.3) is 0 Å². The van der Waals surface area contributed by atoms with Crippen LogP contribution in [0.2, 0.25) is 0 Å². The lowest BCUT2D eigenvalue weighted by atomic mass is 10.1. The highest BCUT2D eigenvalue weighted by Crippen LogP contribution is 2.39. The number of ether oxygens (including phenoxy) is 1. The second-order valence-electron chi connectivity index (χ2n) is 6.63. The number of fused-ring (bicyclic) bond motifs is 2. The van der Waals surface area contributed by atoms with Gasteiger partial charge in [0, 0.05) is 37.7 Å². The molecule has 7 heteroatoms. The number of thiophene rings is 1. The van der Waals surface area contributed by atoms with Crippen LogP contribution in [-0.4, -0.2) is 50.6 Å². The van der Waals surface area contributed by atoms with Gasteiger partial charge in [-0.2, -0.15) is 0 Å². The van der Waals surface area contributed by atoms with Crippen molar-refractivity contribution in [2.45, 2.75) is 26.3 Å². The van der Waals surface area contributed by atoms with Gasteiger partial charge in [0.05, 0.1) is 16.9 Å². The van der Waals surface area contributed by atoms with Gasteiger partial charge in [-0.1, -0.05) is 0 Å². The molecule has 0 amide bonds. The maximum atomic E-state index is 13.8. The summed E-state index contributed by atoms with van der Waals surface area (Å²) in [7, 11) is 3.70. The first-order valence-electron chi connectivity index (χ1n) is 9.23. The monoisotopic (exact) mass is 390 g/mol. The molecule has 0 radical (unpaired) electrons. The van der Waals surface area contributed by atoms with Crippen LogP contribution in [0, 0.1) is 12.7 Å².